The molecule has 2 amide bonds. The van der Waals surface area contributed by atoms with Gasteiger partial charge >= 0.3 is 0 Å². The SMILES string of the molecule is CCCOc1ccc(N2C(=O)C[C@H](n3c[n+](C)c4cc(C)c(C)cc43)C2=O)cc1. The zero-order valence-electron chi connectivity index (χ0n) is 17.3. The summed E-state index contributed by atoms with van der Waals surface area (Å²) in [7, 11) is 1.96. The van der Waals surface area contributed by atoms with Crippen LogP contribution in [-0.4, -0.2) is 23.0 Å². The van der Waals surface area contributed by atoms with Crippen LogP contribution in [0.4, 0.5) is 5.69 Å². The Kier molecular flexibility index (Phi) is 4.86. The minimum absolute atomic E-state index is 0.156. The lowest BCUT2D eigenvalue weighted by molar-refractivity contribution is -0.645. The standard InChI is InChI=1S/C23H26N3O3/c1-5-10-29-18-8-6-17(7-9-18)26-22(27)13-21(23(26)28)25-14-24(4)19-11-15(2)16(3)12-20(19)25/h6-9,11-12,14,21H,5,10,13H2,1-4H3/q+1/t21-/m0/s1. The van der Waals surface area contributed by atoms with E-state index in [0.29, 0.717) is 12.3 Å². The zero-order valence-corrected chi connectivity index (χ0v) is 17.3. The van der Waals surface area contributed by atoms with E-state index in [-0.39, 0.29) is 18.2 Å². The molecule has 0 N–H and O–H groups in total. The van der Waals surface area contributed by atoms with Crippen molar-refractivity contribution in [2.45, 2.75) is 39.7 Å². The predicted molar refractivity (Wildman–Crippen MR) is 111 cm³/mol. The number of benzene rings is 2. The lowest BCUT2D eigenvalue weighted by atomic mass is 10.1. The number of amides is 2. The average Bonchev–Trinajstić information content (AvgIpc) is 3.17. The first-order chi connectivity index (χ1) is 13.9. The van der Waals surface area contributed by atoms with Gasteiger partial charge in [-0.15, -0.1) is 0 Å². The molecule has 29 heavy (non-hydrogen) atoms. The number of nitrogens with zero attached hydrogens (tertiary/aromatic N) is 3. The Balaban J connectivity index is 1.67. The highest BCUT2D eigenvalue weighted by Gasteiger charge is 2.44. The van der Waals surface area contributed by atoms with Crippen LogP contribution in [-0.2, 0) is 16.6 Å². The van der Waals surface area contributed by atoms with Crippen LogP contribution < -0.4 is 14.2 Å². The third-order valence-corrected chi connectivity index (χ3v) is 5.57. The van der Waals surface area contributed by atoms with E-state index in [2.05, 4.69) is 26.0 Å². The second kappa shape index (κ2) is 7.35. The maximum atomic E-state index is 13.2. The second-order valence-corrected chi connectivity index (χ2v) is 7.69. The number of carbonyl (C=O) groups excluding carboxylic acids is 2. The van der Waals surface area contributed by atoms with Crippen LogP contribution in [0.3, 0.4) is 0 Å². The summed E-state index contributed by atoms with van der Waals surface area (Å²) in [6.07, 6.45) is 2.99. The van der Waals surface area contributed by atoms with E-state index in [4.69, 9.17) is 4.74 Å². The number of fused-ring (bicyclic) bond motifs is 1. The Morgan fingerprint density at radius 3 is 2.48 bits per heavy atom. The molecule has 1 fully saturated rings. The Bertz CT molecular complexity index is 1100. The smallest absolute Gasteiger partial charge is 0.279 e. The fraction of sp³-hybridized carbons (Fsp3) is 0.348. The van der Waals surface area contributed by atoms with Crippen molar-refractivity contribution >= 4 is 28.5 Å². The molecule has 1 saturated heterocycles. The van der Waals surface area contributed by atoms with Crippen molar-refractivity contribution in [1.82, 2.24) is 4.57 Å². The van der Waals surface area contributed by atoms with Crippen molar-refractivity contribution in [3.8, 4) is 5.75 Å². The van der Waals surface area contributed by atoms with Gasteiger partial charge in [0, 0.05) is 0 Å². The molecule has 0 aliphatic carbocycles. The Morgan fingerprint density at radius 2 is 1.79 bits per heavy atom. The summed E-state index contributed by atoms with van der Waals surface area (Å²) < 4.78 is 9.53. The molecule has 3 aromatic rings. The molecule has 0 bridgehead atoms. The molecule has 1 aromatic heterocycles. The Labute approximate surface area is 170 Å². The van der Waals surface area contributed by atoms with Crippen molar-refractivity contribution in [3.05, 3.63) is 53.9 Å². The number of rotatable bonds is 5. The molecular formula is C23H26N3O3+. The van der Waals surface area contributed by atoms with E-state index in [1.807, 2.05) is 29.4 Å². The van der Waals surface area contributed by atoms with Gasteiger partial charge in [0.05, 0.1) is 25.8 Å². The highest BCUT2D eigenvalue weighted by molar-refractivity contribution is 6.21. The lowest BCUT2D eigenvalue weighted by Gasteiger charge is -2.15. The molecule has 150 valence electrons. The number of aromatic nitrogens is 2. The van der Waals surface area contributed by atoms with Crippen molar-refractivity contribution < 1.29 is 18.9 Å². The quantitative estimate of drug-likeness (QED) is 0.494. The van der Waals surface area contributed by atoms with E-state index in [9.17, 15) is 9.59 Å². The van der Waals surface area contributed by atoms with Crippen molar-refractivity contribution in [2.24, 2.45) is 7.05 Å². The van der Waals surface area contributed by atoms with Gasteiger partial charge in [-0.2, -0.15) is 0 Å². The minimum Gasteiger partial charge on any atom is -0.494 e. The van der Waals surface area contributed by atoms with Crippen molar-refractivity contribution in [3.63, 3.8) is 0 Å². The molecule has 0 spiro atoms. The monoisotopic (exact) mass is 392 g/mol. The molecule has 4 rings (SSSR count). The van der Waals surface area contributed by atoms with E-state index < -0.39 is 6.04 Å². The fourth-order valence-corrected chi connectivity index (χ4v) is 3.85. The molecule has 6 heteroatoms. The van der Waals surface area contributed by atoms with Crippen LogP contribution in [0.15, 0.2) is 42.7 Å². The maximum Gasteiger partial charge on any atom is 0.279 e. The number of imide groups is 1. The van der Waals surface area contributed by atoms with Crippen LogP contribution in [0.2, 0.25) is 0 Å². The van der Waals surface area contributed by atoms with Gasteiger partial charge in [-0.05, 0) is 67.8 Å². The third kappa shape index (κ3) is 3.28. The molecule has 0 unspecified atom stereocenters. The maximum absolute atomic E-state index is 13.2. The molecule has 1 atom stereocenters. The Hall–Kier alpha value is -3.15. The van der Waals surface area contributed by atoms with Gasteiger partial charge in [0.1, 0.15) is 5.75 Å². The van der Waals surface area contributed by atoms with Crippen molar-refractivity contribution in [1.29, 1.82) is 0 Å². The predicted octanol–water partition coefficient (Wildman–Crippen LogP) is 3.38. The molecule has 0 saturated carbocycles. The zero-order chi connectivity index (χ0) is 20.7. The van der Waals surface area contributed by atoms with Crippen molar-refractivity contribution in [2.75, 3.05) is 11.5 Å². The molecule has 2 aromatic carbocycles. The number of carbonyl (C=O) groups is 2. The summed E-state index contributed by atoms with van der Waals surface area (Å²) in [5, 5.41) is 0. The van der Waals surface area contributed by atoms with Gasteiger partial charge < -0.3 is 4.74 Å². The summed E-state index contributed by atoms with van der Waals surface area (Å²) in [4.78, 5) is 27.3. The summed E-state index contributed by atoms with van der Waals surface area (Å²) in [5.41, 5.74) is 4.95. The highest BCUT2D eigenvalue weighted by atomic mass is 16.5. The van der Waals surface area contributed by atoms with Gasteiger partial charge in [0.2, 0.25) is 12.2 Å². The first kappa shape index (κ1) is 19.2. The number of imidazole rings is 1. The number of hydrogen-bond donors (Lipinski definition) is 0. The fourth-order valence-electron chi connectivity index (χ4n) is 3.85. The number of ether oxygens (including phenoxy) is 1. The van der Waals surface area contributed by atoms with Crippen LogP contribution >= 0.6 is 0 Å². The van der Waals surface area contributed by atoms with Crippen LogP contribution in [0, 0.1) is 13.8 Å². The first-order valence-corrected chi connectivity index (χ1v) is 9.97. The average molecular weight is 392 g/mol. The summed E-state index contributed by atoms with van der Waals surface area (Å²) in [6.45, 7) is 6.82. The third-order valence-electron chi connectivity index (χ3n) is 5.57. The van der Waals surface area contributed by atoms with Gasteiger partial charge in [0.25, 0.3) is 5.91 Å². The molecule has 2 heterocycles. The normalized spacial score (nSPS) is 16.8. The lowest BCUT2D eigenvalue weighted by Crippen LogP contribution is -2.31. The van der Waals surface area contributed by atoms with E-state index in [0.717, 1.165) is 28.8 Å². The first-order valence-electron chi connectivity index (χ1n) is 9.97. The highest BCUT2D eigenvalue weighted by Crippen LogP contribution is 2.32. The number of anilines is 1. The molecule has 1 aliphatic rings. The minimum atomic E-state index is -0.538. The second-order valence-electron chi connectivity index (χ2n) is 7.69. The summed E-state index contributed by atoms with van der Waals surface area (Å²) in [6, 6.07) is 10.8. The van der Waals surface area contributed by atoms with Gasteiger partial charge in [-0.1, -0.05) is 6.92 Å². The van der Waals surface area contributed by atoms with E-state index in [1.165, 1.54) is 10.5 Å². The summed E-state index contributed by atoms with van der Waals surface area (Å²) in [5.74, 6) is 0.351. The molecule has 6 nitrogen and oxygen atoms in total. The number of aryl methyl sites for hydroxylation is 3. The van der Waals surface area contributed by atoms with Crippen LogP contribution in [0.25, 0.3) is 11.0 Å². The molecular weight excluding hydrogens is 366 g/mol. The largest absolute Gasteiger partial charge is 0.494 e. The van der Waals surface area contributed by atoms with Gasteiger partial charge in [-0.25, -0.2) is 14.0 Å². The van der Waals surface area contributed by atoms with E-state index in [1.54, 1.807) is 24.3 Å². The topological polar surface area (TPSA) is 55.4 Å². The van der Waals surface area contributed by atoms with Gasteiger partial charge in [-0.3, -0.25) is 9.59 Å². The number of hydrogen-bond acceptors (Lipinski definition) is 3. The molecule has 1 aliphatic heterocycles. The van der Waals surface area contributed by atoms with Gasteiger partial charge in [0.15, 0.2) is 17.1 Å². The molecule has 0 radical (unpaired) electrons. The summed E-state index contributed by atoms with van der Waals surface area (Å²) >= 11 is 0. The van der Waals surface area contributed by atoms with Crippen LogP contribution in [0.1, 0.15) is 36.9 Å². The van der Waals surface area contributed by atoms with E-state index >= 15 is 0 Å². The van der Waals surface area contributed by atoms with Crippen LogP contribution in [0.5, 0.6) is 5.75 Å². The Morgan fingerprint density at radius 1 is 1.10 bits per heavy atom.